The molecule has 3 rings (SSSR count). The molecule has 140 valence electrons. The number of carbonyl (C=O) groups excluding carboxylic acids is 1. The monoisotopic (exact) mass is 356 g/mol. The molecule has 0 radical (unpaired) electrons. The highest BCUT2D eigenvalue weighted by molar-refractivity contribution is 5.69. The van der Waals surface area contributed by atoms with Gasteiger partial charge in [-0.3, -0.25) is 0 Å². The van der Waals surface area contributed by atoms with Crippen molar-refractivity contribution in [2.45, 2.75) is 51.7 Å². The van der Waals surface area contributed by atoms with E-state index in [4.69, 9.17) is 4.74 Å². The lowest BCUT2D eigenvalue weighted by Gasteiger charge is -2.24. The third-order valence-electron chi connectivity index (χ3n) is 4.82. The fourth-order valence-electron chi connectivity index (χ4n) is 3.63. The minimum Gasteiger partial charge on any atom is -0.444 e. The maximum Gasteiger partial charge on any atom is 0.407 e. The summed E-state index contributed by atoms with van der Waals surface area (Å²) in [5.74, 6) is 0. The third-order valence-corrected chi connectivity index (χ3v) is 4.82. The molecular formula is C20H28N4O2. The quantitative estimate of drug-likeness (QED) is 0.900. The topological polar surface area (TPSA) is 68.6 Å². The molecule has 26 heavy (non-hydrogen) atoms. The van der Waals surface area contributed by atoms with E-state index >= 15 is 0 Å². The summed E-state index contributed by atoms with van der Waals surface area (Å²) in [7, 11) is 0. The Morgan fingerprint density at radius 1 is 1.23 bits per heavy atom. The molecule has 1 N–H and O–H groups in total. The summed E-state index contributed by atoms with van der Waals surface area (Å²) in [6.45, 7) is 9.21. The first kappa shape index (κ1) is 18.4. The van der Waals surface area contributed by atoms with Gasteiger partial charge < -0.3 is 19.9 Å². The van der Waals surface area contributed by atoms with Crippen LogP contribution in [0.5, 0.6) is 0 Å². The zero-order valence-electron chi connectivity index (χ0n) is 15.9. The molecule has 1 atom stereocenters. The van der Waals surface area contributed by atoms with E-state index in [1.165, 1.54) is 12.8 Å². The predicted octanol–water partition coefficient (Wildman–Crippen LogP) is 3.26. The SMILES string of the molecule is CC(C)(C)OC(=O)NC1CCN(c2ccc(N3CCCC3)cc2C#N)C1. The minimum absolute atomic E-state index is 0.0367. The highest BCUT2D eigenvalue weighted by atomic mass is 16.6. The lowest BCUT2D eigenvalue weighted by Crippen LogP contribution is -2.40. The first-order valence-corrected chi connectivity index (χ1v) is 9.39. The van der Waals surface area contributed by atoms with Crippen LogP contribution in [-0.2, 0) is 4.74 Å². The molecule has 6 heteroatoms. The first-order chi connectivity index (χ1) is 12.4. The highest BCUT2D eigenvalue weighted by Gasteiger charge is 2.27. The molecular weight excluding hydrogens is 328 g/mol. The van der Waals surface area contributed by atoms with Crippen molar-refractivity contribution in [3.8, 4) is 6.07 Å². The van der Waals surface area contributed by atoms with Gasteiger partial charge in [0.05, 0.1) is 17.3 Å². The maximum atomic E-state index is 12.0. The summed E-state index contributed by atoms with van der Waals surface area (Å²) in [5.41, 5.74) is 2.28. The van der Waals surface area contributed by atoms with Gasteiger partial charge in [0.25, 0.3) is 0 Å². The van der Waals surface area contributed by atoms with Gasteiger partial charge in [0.2, 0.25) is 0 Å². The van der Waals surface area contributed by atoms with Crippen LogP contribution in [0.4, 0.5) is 16.2 Å². The number of amides is 1. The number of rotatable bonds is 3. The second-order valence-electron chi connectivity index (χ2n) is 8.09. The molecule has 2 aliphatic heterocycles. The molecule has 6 nitrogen and oxygen atoms in total. The van der Waals surface area contributed by atoms with Gasteiger partial charge in [0.15, 0.2) is 0 Å². The van der Waals surface area contributed by atoms with Gasteiger partial charge in [0.1, 0.15) is 11.7 Å². The molecule has 1 aromatic carbocycles. The van der Waals surface area contributed by atoms with Gasteiger partial charge in [-0.1, -0.05) is 0 Å². The van der Waals surface area contributed by atoms with E-state index in [-0.39, 0.29) is 12.1 Å². The Bertz CT molecular complexity index is 699. The van der Waals surface area contributed by atoms with Crippen molar-refractivity contribution in [3.63, 3.8) is 0 Å². The average molecular weight is 356 g/mol. The van der Waals surface area contributed by atoms with Crippen molar-refractivity contribution in [2.24, 2.45) is 0 Å². The number of nitrogens with one attached hydrogen (secondary N) is 1. The normalized spacial score (nSPS) is 20.2. The molecule has 2 saturated heterocycles. The van der Waals surface area contributed by atoms with Gasteiger partial charge in [-0.15, -0.1) is 0 Å². The summed E-state index contributed by atoms with van der Waals surface area (Å²) in [6.07, 6.45) is 2.90. The summed E-state index contributed by atoms with van der Waals surface area (Å²) in [5, 5.41) is 12.5. The zero-order valence-corrected chi connectivity index (χ0v) is 15.9. The second kappa shape index (κ2) is 7.45. The number of hydrogen-bond donors (Lipinski definition) is 1. The van der Waals surface area contributed by atoms with E-state index < -0.39 is 5.60 Å². The van der Waals surface area contributed by atoms with Crippen LogP contribution in [0.3, 0.4) is 0 Å². The van der Waals surface area contributed by atoms with Gasteiger partial charge in [-0.05, 0) is 58.2 Å². The van der Waals surface area contributed by atoms with Gasteiger partial charge in [-0.25, -0.2) is 4.79 Å². The van der Waals surface area contributed by atoms with Gasteiger partial charge in [0, 0.05) is 31.9 Å². The molecule has 1 unspecified atom stereocenters. The Balaban J connectivity index is 1.65. The van der Waals surface area contributed by atoms with Crippen LogP contribution in [-0.4, -0.2) is 43.9 Å². The fourth-order valence-corrected chi connectivity index (χ4v) is 3.63. The van der Waals surface area contributed by atoms with Crippen LogP contribution < -0.4 is 15.1 Å². The number of anilines is 2. The number of nitriles is 1. The standard InChI is InChI=1S/C20H28N4O2/c1-20(2,3)26-19(25)22-16-8-11-24(14-16)18-7-6-17(12-15(18)13-21)23-9-4-5-10-23/h6-7,12,16H,4-5,8-11,14H2,1-3H3,(H,22,25). The molecule has 0 aromatic heterocycles. The van der Waals surface area contributed by atoms with Gasteiger partial charge >= 0.3 is 6.09 Å². The van der Waals surface area contributed by atoms with Crippen LogP contribution in [0.15, 0.2) is 18.2 Å². The van der Waals surface area contributed by atoms with Gasteiger partial charge in [-0.2, -0.15) is 5.26 Å². The Kier molecular flexibility index (Phi) is 5.26. The maximum absolute atomic E-state index is 12.0. The Morgan fingerprint density at radius 3 is 2.62 bits per heavy atom. The van der Waals surface area contributed by atoms with Crippen molar-refractivity contribution in [1.82, 2.24) is 5.32 Å². The Hall–Kier alpha value is -2.42. The van der Waals surface area contributed by atoms with Crippen LogP contribution in [0.2, 0.25) is 0 Å². The van der Waals surface area contributed by atoms with E-state index in [0.717, 1.165) is 37.4 Å². The van der Waals surface area contributed by atoms with E-state index in [0.29, 0.717) is 12.1 Å². The average Bonchev–Trinajstić information content (AvgIpc) is 3.24. The largest absolute Gasteiger partial charge is 0.444 e. The molecule has 2 heterocycles. The van der Waals surface area contributed by atoms with Crippen molar-refractivity contribution in [1.29, 1.82) is 5.26 Å². The predicted molar refractivity (Wildman–Crippen MR) is 103 cm³/mol. The van der Waals surface area contributed by atoms with Crippen LogP contribution >= 0.6 is 0 Å². The Labute approximate surface area is 155 Å². The first-order valence-electron chi connectivity index (χ1n) is 9.39. The van der Waals surface area contributed by atoms with Crippen molar-refractivity contribution in [2.75, 3.05) is 36.0 Å². The second-order valence-corrected chi connectivity index (χ2v) is 8.09. The van der Waals surface area contributed by atoms with E-state index in [9.17, 15) is 10.1 Å². The molecule has 0 aliphatic carbocycles. The van der Waals surface area contributed by atoms with E-state index in [2.05, 4.69) is 27.3 Å². The molecule has 0 spiro atoms. The molecule has 0 bridgehead atoms. The summed E-state index contributed by atoms with van der Waals surface area (Å²) in [6, 6.07) is 8.53. The van der Waals surface area contributed by atoms with E-state index in [1.54, 1.807) is 0 Å². The lowest BCUT2D eigenvalue weighted by molar-refractivity contribution is 0.0509. The van der Waals surface area contributed by atoms with E-state index in [1.807, 2.05) is 32.9 Å². The van der Waals surface area contributed by atoms with Crippen LogP contribution in [0, 0.1) is 11.3 Å². The highest BCUT2D eigenvalue weighted by Crippen LogP contribution is 2.30. The third kappa shape index (κ3) is 4.40. The zero-order chi connectivity index (χ0) is 18.7. The molecule has 2 fully saturated rings. The number of hydrogen-bond acceptors (Lipinski definition) is 5. The molecule has 2 aliphatic rings. The number of carbonyl (C=O) groups is 1. The minimum atomic E-state index is -0.498. The molecule has 1 aromatic rings. The molecule has 1 amide bonds. The lowest BCUT2D eigenvalue weighted by atomic mass is 10.1. The van der Waals surface area contributed by atoms with Crippen molar-refractivity contribution < 1.29 is 9.53 Å². The smallest absolute Gasteiger partial charge is 0.407 e. The number of alkyl carbamates (subject to hydrolysis) is 1. The van der Waals surface area contributed by atoms with Crippen LogP contribution in [0.25, 0.3) is 0 Å². The number of benzene rings is 1. The van der Waals surface area contributed by atoms with Crippen LogP contribution in [0.1, 0.15) is 45.6 Å². The molecule has 0 saturated carbocycles. The number of ether oxygens (including phenoxy) is 1. The van der Waals surface area contributed by atoms with Crippen molar-refractivity contribution >= 4 is 17.5 Å². The van der Waals surface area contributed by atoms with Crippen molar-refractivity contribution in [3.05, 3.63) is 23.8 Å². The number of nitrogens with zero attached hydrogens (tertiary/aromatic N) is 3. The summed E-state index contributed by atoms with van der Waals surface area (Å²) in [4.78, 5) is 16.5. The summed E-state index contributed by atoms with van der Waals surface area (Å²) >= 11 is 0. The summed E-state index contributed by atoms with van der Waals surface area (Å²) < 4.78 is 5.33. The Morgan fingerprint density at radius 2 is 1.96 bits per heavy atom. The fraction of sp³-hybridized carbons (Fsp3) is 0.600.